The Balaban J connectivity index is 2.21. The minimum atomic E-state index is -0.179. The topological polar surface area (TPSA) is 17.1 Å². The molecular formula is C19H28O. The molecule has 1 aliphatic rings. The van der Waals surface area contributed by atoms with E-state index in [4.69, 9.17) is 0 Å². The van der Waals surface area contributed by atoms with E-state index in [1.165, 1.54) is 31.2 Å². The number of ketones is 1. The molecule has 0 bridgehead atoms. The number of benzene rings is 1. The Labute approximate surface area is 123 Å². The SMILES string of the molecule is CCCC(C)CC(=O)C1(c2ccccc2)CCCCC1. The molecule has 0 amide bonds. The van der Waals surface area contributed by atoms with Crippen LogP contribution in [0.15, 0.2) is 30.3 Å². The molecule has 1 aromatic rings. The van der Waals surface area contributed by atoms with Crippen molar-refractivity contribution in [3.05, 3.63) is 35.9 Å². The van der Waals surface area contributed by atoms with Crippen LogP contribution in [0.4, 0.5) is 0 Å². The lowest BCUT2D eigenvalue weighted by atomic mass is 9.65. The molecule has 1 aliphatic carbocycles. The van der Waals surface area contributed by atoms with E-state index in [1.54, 1.807) is 0 Å². The summed E-state index contributed by atoms with van der Waals surface area (Å²) in [5.74, 6) is 1.01. The second-order valence-electron chi connectivity index (χ2n) is 6.53. The summed E-state index contributed by atoms with van der Waals surface area (Å²) in [6.45, 7) is 4.43. The van der Waals surface area contributed by atoms with Crippen molar-refractivity contribution in [1.82, 2.24) is 0 Å². The third-order valence-electron chi connectivity index (χ3n) is 4.88. The Morgan fingerprint density at radius 2 is 1.80 bits per heavy atom. The van der Waals surface area contributed by atoms with E-state index in [-0.39, 0.29) is 5.41 Å². The van der Waals surface area contributed by atoms with Crippen LogP contribution in [0.2, 0.25) is 0 Å². The highest BCUT2D eigenvalue weighted by Gasteiger charge is 2.40. The molecule has 1 fully saturated rings. The van der Waals surface area contributed by atoms with Crippen molar-refractivity contribution in [2.45, 2.75) is 70.6 Å². The standard InChI is InChI=1S/C19H28O/c1-3-10-16(2)15-18(20)19(13-8-5-9-14-19)17-11-6-4-7-12-17/h4,6-7,11-12,16H,3,5,8-10,13-15H2,1-2H3. The zero-order valence-electron chi connectivity index (χ0n) is 13.0. The van der Waals surface area contributed by atoms with Gasteiger partial charge in [0.25, 0.3) is 0 Å². The van der Waals surface area contributed by atoms with Crippen LogP contribution in [0.25, 0.3) is 0 Å². The maximum absolute atomic E-state index is 13.0. The average Bonchev–Trinajstić information content (AvgIpc) is 2.49. The summed E-state index contributed by atoms with van der Waals surface area (Å²) in [5.41, 5.74) is 1.08. The lowest BCUT2D eigenvalue weighted by molar-refractivity contribution is -0.126. The molecule has 1 saturated carbocycles. The summed E-state index contributed by atoms with van der Waals surface area (Å²) in [5, 5.41) is 0. The van der Waals surface area contributed by atoms with Crippen LogP contribution in [0.3, 0.4) is 0 Å². The zero-order valence-corrected chi connectivity index (χ0v) is 13.0. The highest BCUT2D eigenvalue weighted by atomic mass is 16.1. The Hall–Kier alpha value is -1.11. The largest absolute Gasteiger partial charge is 0.299 e. The second kappa shape index (κ2) is 7.06. The van der Waals surface area contributed by atoms with E-state index in [0.717, 1.165) is 25.7 Å². The van der Waals surface area contributed by atoms with E-state index in [1.807, 2.05) is 6.07 Å². The Morgan fingerprint density at radius 3 is 2.40 bits per heavy atom. The van der Waals surface area contributed by atoms with Crippen LogP contribution in [-0.4, -0.2) is 5.78 Å². The molecule has 1 aromatic carbocycles. The molecule has 0 N–H and O–H groups in total. The van der Waals surface area contributed by atoms with Crippen molar-refractivity contribution in [2.24, 2.45) is 5.92 Å². The van der Waals surface area contributed by atoms with Crippen LogP contribution in [0.5, 0.6) is 0 Å². The van der Waals surface area contributed by atoms with Gasteiger partial charge in [0.2, 0.25) is 0 Å². The first-order valence-corrected chi connectivity index (χ1v) is 8.28. The predicted octanol–water partition coefficient (Wildman–Crippen LogP) is 5.28. The molecule has 110 valence electrons. The van der Waals surface area contributed by atoms with Gasteiger partial charge < -0.3 is 0 Å². The van der Waals surface area contributed by atoms with Gasteiger partial charge in [-0.05, 0) is 24.3 Å². The van der Waals surface area contributed by atoms with Crippen molar-refractivity contribution in [3.63, 3.8) is 0 Å². The lowest BCUT2D eigenvalue weighted by Crippen LogP contribution is -2.38. The maximum Gasteiger partial charge on any atom is 0.143 e. The summed E-state index contributed by atoms with van der Waals surface area (Å²) < 4.78 is 0. The molecule has 0 saturated heterocycles. The number of rotatable bonds is 6. The van der Waals surface area contributed by atoms with Gasteiger partial charge >= 0.3 is 0 Å². The smallest absolute Gasteiger partial charge is 0.143 e. The van der Waals surface area contributed by atoms with Crippen molar-refractivity contribution in [1.29, 1.82) is 0 Å². The van der Waals surface area contributed by atoms with E-state index in [9.17, 15) is 4.79 Å². The molecule has 0 radical (unpaired) electrons. The highest BCUT2D eigenvalue weighted by Crippen LogP contribution is 2.41. The van der Waals surface area contributed by atoms with Crippen molar-refractivity contribution in [2.75, 3.05) is 0 Å². The Morgan fingerprint density at radius 1 is 1.15 bits per heavy atom. The van der Waals surface area contributed by atoms with Gasteiger partial charge in [-0.1, -0.05) is 76.3 Å². The Kier molecular flexibility index (Phi) is 5.39. The molecule has 1 nitrogen and oxygen atoms in total. The normalized spacial score (nSPS) is 19.5. The van der Waals surface area contributed by atoms with Gasteiger partial charge in [-0.3, -0.25) is 4.79 Å². The molecule has 0 aliphatic heterocycles. The van der Waals surface area contributed by atoms with Gasteiger partial charge in [0.1, 0.15) is 5.78 Å². The van der Waals surface area contributed by atoms with Gasteiger partial charge in [0.05, 0.1) is 5.41 Å². The minimum Gasteiger partial charge on any atom is -0.299 e. The van der Waals surface area contributed by atoms with Crippen LogP contribution in [0.1, 0.15) is 70.8 Å². The summed E-state index contributed by atoms with van der Waals surface area (Å²) in [6, 6.07) is 10.5. The van der Waals surface area contributed by atoms with E-state index in [0.29, 0.717) is 11.7 Å². The maximum atomic E-state index is 13.0. The molecule has 1 unspecified atom stereocenters. The van der Waals surface area contributed by atoms with Gasteiger partial charge in [-0.2, -0.15) is 0 Å². The van der Waals surface area contributed by atoms with Gasteiger partial charge in [0, 0.05) is 6.42 Å². The van der Waals surface area contributed by atoms with Gasteiger partial charge in [-0.25, -0.2) is 0 Å². The number of carbonyl (C=O) groups is 1. The first kappa shape index (κ1) is 15.3. The zero-order chi connectivity index (χ0) is 14.4. The fourth-order valence-corrected chi connectivity index (χ4v) is 3.75. The molecule has 20 heavy (non-hydrogen) atoms. The quantitative estimate of drug-likeness (QED) is 0.688. The molecule has 1 heteroatoms. The lowest BCUT2D eigenvalue weighted by Gasteiger charge is -2.37. The molecular weight excluding hydrogens is 244 g/mol. The molecule has 1 atom stereocenters. The monoisotopic (exact) mass is 272 g/mol. The molecule has 0 aromatic heterocycles. The number of hydrogen-bond acceptors (Lipinski definition) is 1. The van der Waals surface area contributed by atoms with Crippen molar-refractivity contribution < 1.29 is 4.79 Å². The third-order valence-corrected chi connectivity index (χ3v) is 4.88. The average molecular weight is 272 g/mol. The van der Waals surface area contributed by atoms with Crippen molar-refractivity contribution in [3.8, 4) is 0 Å². The number of Topliss-reactive ketones (excluding diaryl/α,β-unsaturated/α-hetero) is 1. The van der Waals surface area contributed by atoms with E-state index < -0.39 is 0 Å². The summed E-state index contributed by atoms with van der Waals surface area (Å²) in [6.07, 6.45) is 8.87. The summed E-state index contributed by atoms with van der Waals surface area (Å²) in [4.78, 5) is 13.0. The van der Waals surface area contributed by atoms with Gasteiger partial charge in [-0.15, -0.1) is 0 Å². The first-order chi connectivity index (χ1) is 9.69. The van der Waals surface area contributed by atoms with E-state index >= 15 is 0 Å². The molecule has 0 heterocycles. The summed E-state index contributed by atoms with van der Waals surface area (Å²) >= 11 is 0. The first-order valence-electron chi connectivity index (χ1n) is 8.28. The van der Waals surface area contributed by atoms with Crippen molar-refractivity contribution >= 4 is 5.78 Å². The summed E-state index contributed by atoms with van der Waals surface area (Å²) in [7, 11) is 0. The molecule has 0 spiro atoms. The number of hydrogen-bond donors (Lipinski definition) is 0. The predicted molar refractivity (Wildman–Crippen MR) is 84.9 cm³/mol. The minimum absolute atomic E-state index is 0.179. The molecule has 2 rings (SSSR count). The highest BCUT2D eigenvalue weighted by molar-refractivity contribution is 5.90. The fourth-order valence-electron chi connectivity index (χ4n) is 3.75. The van der Waals surface area contributed by atoms with Crippen LogP contribution >= 0.6 is 0 Å². The van der Waals surface area contributed by atoms with Gasteiger partial charge in [0.15, 0.2) is 0 Å². The fraction of sp³-hybridized carbons (Fsp3) is 0.632. The Bertz CT molecular complexity index is 415. The number of carbonyl (C=O) groups excluding carboxylic acids is 1. The van der Waals surface area contributed by atoms with Crippen LogP contribution in [0, 0.1) is 5.92 Å². The van der Waals surface area contributed by atoms with E-state index in [2.05, 4.69) is 38.1 Å². The van der Waals surface area contributed by atoms with Crippen LogP contribution in [-0.2, 0) is 10.2 Å². The third kappa shape index (κ3) is 3.31. The van der Waals surface area contributed by atoms with Crippen LogP contribution < -0.4 is 0 Å². The second-order valence-corrected chi connectivity index (χ2v) is 6.53.